The zero-order valence-corrected chi connectivity index (χ0v) is 11.1. The number of carbonyl (C=O) groups excluding carboxylic acids is 1. The maximum absolute atomic E-state index is 12.0. The lowest BCUT2D eigenvalue weighted by atomic mass is 10.1. The largest absolute Gasteiger partial charge is 0.384 e. The van der Waals surface area contributed by atoms with Crippen LogP contribution in [0.5, 0.6) is 0 Å². The van der Waals surface area contributed by atoms with E-state index in [2.05, 4.69) is 22.0 Å². The number of benzene rings is 1. The maximum atomic E-state index is 12.0. The SMILES string of the molecule is CN(Cc1ccc(C#CCO)cc1)C(=O)c1ccn[nH]1. The van der Waals surface area contributed by atoms with Crippen LogP contribution in [0.25, 0.3) is 0 Å². The minimum Gasteiger partial charge on any atom is -0.384 e. The molecular weight excluding hydrogens is 254 g/mol. The van der Waals surface area contributed by atoms with E-state index in [4.69, 9.17) is 5.11 Å². The molecule has 1 heterocycles. The van der Waals surface area contributed by atoms with Gasteiger partial charge in [-0.3, -0.25) is 9.89 Å². The van der Waals surface area contributed by atoms with Gasteiger partial charge >= 0.3 is 0 Å². The van der Waals surface area contributed by atoms with E-state index in [0.29, 0.717) is 12.2 Å². The summed E-state index contributed by atoms with van der Waals surface area (Å²) in [6, 6.07) is 9.21. The normalized spacial score (nSPS) is 9.70. The number of aliphatic hydroxyl groups excluding tert-OH is 1. The molecule has 0 aliphatic heterocycles. The van der Waals surface area contributed by atoms with Crippen LogP contribution in [-0.4, -0.2) is 39.8 Å². The molecule has 2 aromatic rings. The second-order valence-corrected chi connectivity index (χ2v) is 4.29. The molecule has 5 nitrogen and oxygen atoms in total. The van der Waals surface area contributed by atoms with Crippen LogP contribution < -0.4 is 0 Å². The first kappa shape index (κ1) is 13.8. The number of rotatable bonds is 3. The predicted octanol–water partition coefficient (Wildman–Crippen LogP) is 1.03. The lowest BCUT2D eigenvalue weighted by Crippen LogP contribution is -2.26. The fourth-order valence-corrected chi connectivity index (χ4v) is 1.76. The van der Waals surface area contributed by atoms with Crippen molar-refractivity contribution in [2.45, 2.75) is 6.54 Å². The standard InChI is InChI=1S/C15H15N3O2/c1-18(15(20)14-8-9-16-17-14)11-13-6-4-12(5-7-13)3-2-10-19/h4-9,19H,10-11H2,1H3,(H,16,17). The highest BCUT2D eigenvalue weighted by atomic mass is 16.2. The van der Waals surface area contributed by atoms with Crippen LogP contribution in [0.3, 0.4) is 0 Å². The molecule has 1 aromatic carbocycles. The Kier molecular flexibility index (Phi) is 4.53. The number of hydrogen-bond acceptors (Lipinski definition) is 3. The summed E-state index contributed by atoms with van der Waals surface area (Å²) in [6.45, 7) is 0.356. The molecule has 1 amide bonds. The third kappa shape index (κ3) is 3.46. The number of nitrogens with zero attached hydrogens (tertiary/aromatic N) is 2. The number of H-pyrrole nitrogens is 1. The zero-order chi connectivity index (χ0) is 14.4. The zero-order valence-electron chi connectivity index (χ0n) is 11.1. The highest BCUT2D eigenvalue weighted by Crippen LogP contribution is 2.08. The average molecular weight is 269 g/mol. The van der Waals surface area contributed by atoms with E-state index in [9.17, 15) is 4.79 Å². The molecule has 2 N–H and O–H groups in total. The van der Waals surface area contributed by atoms with Gasteiger partial charge in [-0.1, -0.05) is 24.0 Å². The number of aromatic amines is 1. The van der Waals surface area contributed by atoms with E-state index >= 15 is 0 Å². The van der Waals surface area contributed by atoms with Crippen molar-refractivity contribution in [3.8, 4) is 11.8 Å². The van der Waals surface area contributed by atoms with Gasteiger partial charge < -0.3 is 10.0 Å². The summed E-state index contributed by atoms with van der Waals surface area (Å²) in [4.78, 5) is 13.6. The fraction of sp³-hybridized carbons (Fsp3) is 0.200. The topological polar surface area (TPSA) is 69.2 Å². The molecule has 0 radical (unpaired) electrons. The van der Waals surface area contributed by atoms with Crippen molar-refractivity contribution in [3.05, 3.63) is 53.3 Å². The van der Waals surface area contributed by atoms with Crippen LogP contribution in [-0.2, 0) is 6.54 Å². The number of carbonyl (C=O) groups is 1. The molecule has 5 heteroatoms. The first-order valence-corrected chi connectivity index (χ1v) is 6.14. The predicted molar refractivity (Wildman–Crippen MR) is 74.8 cm³/mol. The van der Waals surface area contributed by atoms with Crippen LogP contribution in [0.1, 0.15) is 21.6 Å². The summed E-state index contributed by atoms with van der Waals surface area (Å²) in [5, 5.41) is 15.0. The Hall–Kier alpha value is -2.58. The first-order chi connectivity index (χ1) is 9.70. The summed E-state index contributed by atoms with van der Waals surface area (Å²) in [5.74, 6) is 5.31. The molecule has 0 aliphatic carbocycles. The number of aromatic nitrogens is 2. The summed E-state index contributed by atoms with van der Waals surface area (Å²) >= 11 is 0. The van der Waals surface area contributed by atoms with Gasteiger partial charge in [-0.2, -0.15) is 5.10 Å². The van der Waals surface area contributed by atoms with Gasteiger partial charge in [0.05, 0.1) is 0 Å². The van der Waals surface area contributed by atoms with Crippen LogP contribution in [0.15, 0.2) is 36.5 Å². The lowest BCUT2D eigenvalue weighted by molar-refractivity contribution is 0.0779. The molecule has 2 rings (SSSR count). The van der Waals surface area contributed by atoms with Crippen molar-refractivity contribution in [1.82, 2.24) is 15.1 Å². The van der Waals surface area contributed by atoms with E-state index in [1.165, 1.54) is 0 Å². The molecule has 0 bridgehead atoms. The summed E-state index contributed by atoms with van der Waals surface area (Å²) in [5.41, 5.74) is 2.32. The first-order valence-electron chi connectivity index (χ1n) is 6.14. The van der Waals surface area contributed by atoms with Crippen molar-refractivity contribution in [1.29, 1.82) is 0 Å². The minimum absolute atomic E-state index is 0.105. The van der Waals surface area contributed by atoms with Gasteiger partial charge in [-0.15, -0.1) is 0 Å². The highest BCUT2D eigenvalue weighted by molar-refractivity contribution is 5.91. The summed E-state index contributed by atoms with van der Waals surface area (Å²) < 4.78 is 0. The van der Waals surface area contributed by atoms with E-state index in [1.807, 2.05) is 24.3 Å². The Balaban J connectivity index is 2.01. The molecular formula is C15H15N3O2. The smallest absolute Gasteiger partial charge is 0.271 e. The van der Waals surface area contributed by atoms with Crippen LogP contribution >= 0.6 is 0 Å². The van der Waals surface area contributed by atoms with Crippen LogP contribution in [0.2, 0.25) is 0 Å². The molecule has 0 unspecified atom stereocenters. The van der Waals surface area contributed by atoms with E-state index < -0.39 is 0 Å². The van der Waals surface area contributed by atoms with E-state index in [-0.39, 0.29) is 12.5 Å². The molecule has 0 saturated carbocycles. The Morgan fingerprint density at radius 2 is 2.10 bits per heavy atom. The number of hydrogen-bond donors (Lipinski definition) is 2. The molecule has 0 fully saturated rings. The fourth-order valence-electron chi connectivity index (χ4n) is 1.76. The maximum Gasteiger partial charge on any atom is 0.271 e. The Bertz CT molecular complexity index is 621. The Labute approximate surface area is 117 Å². The monoisotopic (exact) mass is 269 g/mol. The molecule has 1 aromatic heterocycles. The van der Waals surface area contributed by atoms with Crippen molar-refractivity contribution in [2.24, 2.45) is 0 Å². The van der Waals surface area contributed by atoms with Gasteiger partial charge in [-0.05, 0) is 23.8 Å². The average Bonchev–Trinajstić information content (AvgIpc) is 3.00. The molecule has 0 atom stereocenters. The Morgan fingerprint density at radius 3 is 2.70 bits per heavy atom. The van der Waals surface area contributed by atoms with Gasteiger partial charge in [0.2, 0.25) is 0 Å². The van der Waals surface area contributed by atoms with E-state index in [1.54, 1.807) is 24.2 Å². The lowest BCUT2D eigenvalue weighted by Gasteiger charge is -2.16. The summed E-state index contributed by atoms with van der Waals surface area (Å²) in [6.07, 6.45) is 1.55. The molecule has 0 saturated heterocycles. The molecule has 102 valence electrons. The third-order valence-corrected chi connectivity index (χ3v) is 2.76. The number of nitrogens with one attached hydrogen (secondary N) is 1. The van der Waals surface area contributed by atoms with Crippen LogP contribution in [0, 0.1) is 11.8 Å². The highest BCUT2D eigenvalue weighted by Gasteiger charge is 2.12. The van der Waals surface area contributed by atoms with Gasteiger partial charge in [0.25, 0.3) is 5.91 Å². The molecule has 0 aliphatic rings. The quantitative estimate of drug-likeness (QED) is 0.818. The Morgan fingerprint density at radius 1 is 1.35 bits per heavy atom. The van der Waals surface area contributed by atoms with Crippen molar-refractivity contribution in [3.63, 3.8) is 0 Å². The number of amides is 1. The molecule has 20 heavy (non-hydrogen) atoms. The second-order valence-electron chi connectivity index (χ2n) is 4.29. The van der Waals surface area contributed by atoms with Crippen molar-refractivity contribution < 1.29 is 9.90 Å². The van der Waals surface area contributed by atoms with Gasteiger partial charge in [0.15, 0.2) is 0 Å². The van der Waals surface area contributed by atoms with Gasteiger partial charge in [-0.25, -0.2) is 0 Å². The third-order valence-electron chi connectivity index (χ3n) is 2.76. The van der Waals surface area contributed by atoms with Crippen molar-refractivity contribution >= 4 is 5.91 Å². The number of aliphatic hydroxyl groups is 1. The molecule has 0 spiro atoms. The van der Waals surface area contributed by atoms with Crippen molar-refractivity contribution in [2.75, 3.05) is 13.7 Å². The van der Waals surface area contributed by atoms with E-state index in [0.717, 1.165) is 11.1 Å². The van der Waals surface area contributed by atoms with Crippen LogP contribution in [0.4, 0.5) is 0 Å². The van der Waals surface area contributed by atoms with Gasteiger partial charge in [0, 0.05) is 25.4 Å². The second kappa shape index (κ2) is 6.55. The minimum atomic E-state index is -0.150. The van der Waals surface area contributed by atoms with Gasteiger partial charge in [0.1, 0.15) is 12.3 Å². The summed E-state index contributed by atoms with van der Waals surface area (Å²) in [7, 11) is 1.74.